The number of carbonyl (C=O) groups is 2. The molecule has 0 unspecified atom stereocenters. The normalized spacial score (nSPS) is 16.9. The summed E-state index contributed by atoms with van der Waals surface area (Å²) in [5, 5.41) is 0. The van der Waals surface area contributed by atoms with E-state index in [1.807, 2.05) is 20.8 Å². The Morgan fingerprint density at radius 3 is 2.42 bits per heavy atom. The highest BCUT2D eigenvalue weighted by atomic mass is 19.1. The van der Waals surface area contributed by atoms with Crippen LogP contribution in [-0.2, 0) is 14.3 Å². The minimum Gasteiger partial charge on any atom is -0.469 e. The third-order valence-electron chi connectivity index (χ3n) is 4.11. The fraction of sp³-hybridized carbons (Fsp3) is 0.500. The average Bonchev–Trinajstić information content (AvgIpc) is 2.59. The summed E-state index contributed by atoms with van der Waals surface area (Å²) >= 11 is 0. The van der Waals surface area contributed by atoms with Crippen molar-refractivity contribution >= 4 is 17.6 Å². The molecule has 0 atom stereocenters. The highest BCUT2D eigenvalue weighted by Gasteiger charge is 2.27. The maximum atomic E-state index is 13.3. The average molecular weight is 363 g/mol. The number of amides is 1. The Balaban J connectivity index is 2.30. The Labute approximate surface area is 153 Å². The van der Waals surface area contributed by atoms with E-state index in [4.69, 9.17) is 9.47 Å². The van der Waals surface area contributed by atoms with Gasteiger partial charge in [-0.2, -0.15) is 0 Å². The molecule has 0 radical (unpaired) electrons. The van der Waals surface area contributed by atoms with Crippen LogP contribution in [0.25, 0.3) is 5.57 Å². The zero-order valence-corrected chi connectivity index (χ0v) is 15.8. The van der Waals surface area contributed by atoms with Crippen molar-refractivity contribution in [1.82, 2.24) is 4.90 Å². The predicted octanol–water partition coefficient (Wildman–Crippen LogP) is 4.17. The Bertz CT molecular complexity index is 689. The molecule has 5 nitrogen and oxygen atoms in total. The van der Waals surface area contributed by atoms with Crippen molar-refractivity contribution in [3.63, 3.8) is 0 Å². The summed E-state index contributed by atoms with van der Waals surface area (Å²) in [6.07, 6.45) is 1.26. The Hall–Kier alpha value is -2.37. The largest absolute Gasteiger partial charge is 0.469 e. The molecule has 1 heterocycles. The number of likely N-dealkylation sites (tertiary alicyclic amines) is 1. The first-order chi connectivity index (χ1) is 12.2. The van der Waals surface area contributed by atoms with Gasteiger partial charge in [0, 0.05) is 13.1 Å². The molecule has 142 valence electrons. The van der Waals surface area contributed by atoms with Gasteiger partial charge in [-0.15, -0.1) is 0 Å². The quantitative estimate of drug-likeness (QED) is 0.756. The highest BCUT2D eigenvalue weighted by molar-refractivity contribution is 5.86. The number of rotatable bonds is 3. The fourth-order valence-corrected chi connectivity index (χ4v) is 2.90. The van der Waals surface area contributed by atoms with E-state index in [9.17, 15) is 14.0 Å². The van der Waals surface area contributed by atoms with Crippen molar-refractivity contribution in [2.24, 2.45) is 0 Å². The molecule has 1 aromatic rings. The minimum absolute atomic E-state index is 0.0830. The summed E-state index contributed by atoms with van der Waals surface area (Å²) in [5.74, 6) is -0.707. The molecule has 1 saturated heterocycles. The molecule has 0 N–H and O–H groups in total. The molecule has 0 aliphatic carbocycles. The number of piperidine rings is 1. The summed E-state index contributed by atoms with van der Waals surface area (Å²) in [4.78, 5) is 25.9. The first-order valence-electron chi connectivity index (χ1n) is 8.71. The lowest BCUT2D eigenvalue weighted by Crippen LogP contribution is -2.40. The fourth-order valence-electron chi connectivity index (χ4n) is 2.90. The van der Waals surface area contributed by atoms with Crippen LogP contribution in [0.2, 0.25) is 0 Å². The van der Waals surface area contributed by atoms with E-state index in [-0.39, 0.29) is 24.3 Å². The molecule has 1 aliphatic rings. The van der Waals surface area contributed by atoms with Gasteiger partial charge in [0.1, 0.15) is 11.4 Å². The number of benzene rings is 1. The Kier molecular flexibility index (Phi) is 6.40. The Morgan fingerprint density at radius 1 is 1.19 bits per heavy atom. The van der Waals surface area contributed by atoms with Crippen LogP contribution < -0.4 is 0 Å². The van der Waals surface area contributed by atoms with Crippen LogP contribution in [0.3, 0.4) is 0 Å². The second-order valence-electron chi connectivity index (χ2n) is 7.35. The van der Waals surface area contributed by atoms with Gasteiger partial charge in [0.15, 0.2) is 0 Å². The zero-order valence-electron chi connectivity index (χ0n) is 15.8. The van der Waals surface area contributed by atoms with Crippen molar-refractivity contribution < 1.29 is 23.5 Å². The molecule has 0 saturated carbocycles. The molecule has 1 aromatic carbocycles. The number of methoxy groups -OCH3 is 1. The van der Waals surface area contributed by atoms with E-state index in [2.05, 4.69) is 0 Å². The van der Waals surface area contributed by atoms with Crippen LogP contribution in [0, 0.1) is 5.82 Å². The minimum atomic E-state index is -0.565. The van der Waals surface area contributed by atoms with Crippen LogP contribution in [0.15, 0.2) is 29.8 Å². The molecular weight excluding hydrogens is 337 g/mol. The number of ether oxygens (including phenoxy) is 2. The first-order valence-corrected chi connectivity index (χ1v) is 8.71. The number of halogens is 1. The monoisotopic (exact) mass is 363 g/mol. The standard InChI is InChI=1S/C20H26FNO4/c1-20(2,3)26-19(24)22-11-5-6-15(13-22)17(12-18(23)25-4)14-7-9-16(21)10-8-14/h7-10H,5-6,11-13H2,1-4H3. The van der Waals surface area contributed by atoms with E-state index >= 15 is 0 Å². The Morgan fingerprint density at radius 2 is 1.85 bits per heavy atom. The molecule has 1 aliphatic heterocycles. The second kappa shape index (κ2) is 8.34. The predicted molar refractivity (Wildman–Crippen MR) is 97.0 cm³/mol. The molecule has 0 bridgehead atoms. The van der Waals surface area contributed by atoms with Crippen LogP contribution in [-0.4, -0.2) is 42.8 Å². The van der Waals surface area contributed by atoms with Gasteiger partial charge in [0.2, 0.25) is 0 Å². The van der Waals surface area contributed by atoms with Gasteiger partial charge in [-0.3, -0.25) is 4.79 Å². The smallest absolute Gasteiger partial charge is 0.410 e. The van der Waals surface area contributed by atoms with E-state index in [0.29, 0.717) is 13.1 Å². The van der Waals surface area contributed by atoms with E-state index in [1.165, 1.54) is 19.2 Å². The number of hydrogen-bond donors (Lipinski definition) is 0. The van der Waals surface area contributed by atoms with Crippen molar-refractivity contribution in [2.75, 3.05) is 20.2 Å². The molecule has 0 spiro atoms. The third kappa shape index (κ3) is 5.58. The van der Waals surface area contributed by atoms with Crippen LogP contribution in [0.5, 0.6) is 0 Å². The van der Waals surface area contributed by atoms with Crippen molar-refractivity contribution in [3.05, 3.63) is 41.2 Å². The maximum absolute atomic E-state index is 13.3. The molecule has 6 heteroatoms. The lowest BCUT2D eigenvalue weighted by Gasteiger charge is -2.32. The van der Waals surface area contributed by atoms with Gasteiger partial charge in [-0.1, -0.05) is 12.1 Å². The molecular formula is C20H26FNO4. The lowest BCUT2D eigenvalue weighted by molar-refractivity contribution is -0.139. The molecule has 2 rings (SSSR count). The SMILES string of the molecule is COC(=O)CC(=C1CCCN(C(=O)OC(C)(C)C)C1)c1ccc(F)cc1. The van der Waals surface area contributed by atoms with Crippen LogP contribution in [0.4, 0.5) is 9.18 Å². The maximum Gasteiger partial charge on any atom is 0.410 e. The molecule has 26 heavy (non-hydrogen) atoms. The van der Waals surface area contributed by atoms with Gasteiger partial charge < -0.3 is 14.4 Å². The van der Waals surface area contributed by atoms with E-state index < -0.39 is 5.60 Å². The van der Waals surface area contributed by atoms with Crippen LogP contribution >= 0.6 is 0 Å². The van der Waals surface area contributed by atoms with Gasteiger partial charge in [-0.05, 0) is 62.5 Å². The van der Waals surface area contributed by atoms with Crippen molar-refractivity contribution in [1.29, 1.82) is 0 Å². The molecule has 1 fully saturated rings. The van der Waals surface area contributed by atoms with Crippen molar-refractivity contribution in [2.45, 2.75) is 45.6 Å². The second-order valence-corrected chi connectivity index (χ2v) is 7.35. The van der Waals surface area contributed by atoms with Crippen molar-refractivity contribution in [3.8, 4) is 0 Å². The topological polar surface area (TPSA) is 55.8 Å². The number of esters is 1. The summed E-state index contributed by atoms with van der Waals surface area (Å²) in [7, 11) is 1.34. The van der Waals surface area contributed by atoms with Gasteiger partial charge in [-0.25, -0.2) is 9.18 Å². The highest BCUT2D eigenvalue weighted by Crippen LogP contribution is 2.29. The van der Waals surface area contributed by atoms with E-state index in [0.717, 1.165) is 29.6 Å². The number of carbonyl (C=O) groups excluding carboxylic acids is 2. The summed E-state index contributed by atoms with van der Waals surface area (Å²) in [6, 6.07) is 6.02. The first kappa shape index (κ1) is 19.9. The zero-order chi connectivity index (χ0) is 19.3. The number of nitrogens with zero attached hydrogens (tertiary/aromatic N) is 1. The van der Waals surface area contributed by atoms with Gasteiger partial charge in [0.05, 0.1) is 13.5 Å². The molecule has 1 amide bonds. The van der Waals surface area contributed by atoms with Gasteiger partial charge in [0.25, 0.3) is 0 Å². The third-order valence-corrected chi connectivity index (χ3v) is 4.11. The van der Waals surface area contributed by atoms with Gasteiger partial charge >= 0.3 is 12.1 Å². The summed E-state index contributed by atoms with van der Waals surface area (Å²) < 4.78 is 23.5. The van der Waals surface area contributed by atoms with E-state index in [1.54, 1.807) is 17.0 Å². The summed E-state index contributed by atoms with van der Waals surface area (Å²) in [5.41, 5.74) is 1.95. The van der Waals surface area contributed by atoms with Crippen LogP contribution in [0.1, 0.15) is 45.6 Å². The summed E-state index contributed by atoms with van der Waals surface area (Å²) in [6.45, 7) is 6.47. The molecule has 0 aromatic heterocycles. The number of hydrogen-bond acceptors (Lipinski definition) is 4. The lowest BCUT2D eigenvalue weighted by atomic mass is 9.92.